The maximum absolute atomic E-state index is 13.6. The number of hydrogen-bond donors (Lipinski definition) is 1. The lowest BCUT2D eigenvalue weighted by Gasteiger charge is -2.42. The molecule has 4 unspecified atom stereocenters. The van der Waals surface area contributed by atoms with Gasteiger partial charge in [-0.05, 0) is 70.7 Å². The van der Waals surface area contributed by atoms with E-state index >= 15 is 0 Å². The topological polar surface area (TPSA) is 101 Å². The van der Waals surface area contributed by atoms with E-state index in [2.05, 4.69) is 0 Å². The fourth-order valence-electron chi connectivity index (χ4n) is 6.27. The number of phenols is 1. The predicted octanol–water partition coefficient (Wildman–Crippen LogP) is 3.63. The SMILES string of the molecule is COc1ccc(O)c(C2C3=CCC4C(=O)N(C(C)(C)C)C(=O)C4C3CC3=C2C(=O)C(C)=CC3=O)c1. The van der Waals surface area contributed by atoms with E-state index in [0.717, 1.165) is 5.57 Å². The zero-order valence-electron chi connectivity index (χ0n) is 20.5. The second-order valence-electron chi connectivity index (χ2n) is 10.8. The Morgan fingerprint density at radius 1 is 1.06 bits per heavy atom. The van der Waals surface area contributed by atoms with Crippen molar-refractivity contribution in [1.29, 1.82) is 0 Å². The third-order valence-corrected chi connectivity index (χ3v) is 7.78. The van der Waals surface area contributed by atoms with E-state index in [1.165, 1.54) is 24.2 Å². The summed E-state index contributed by atoms with van der Waals surface area (Å²) in [4.78, 5) is 54.8. The molecule has 3 aliphatic carbocycles. The Morgan fingerprint density at radius 3 is 2.43 bits per heavy atom. The van der Waals surface area contributed by atoms with Crippen molar-refractivity contribution in [3.8, 4) is 11.5 Å². The minimum absolute atomic E-state index is 0.0241. The molecule has 0 aromatic heterocycles. The van der Waals surface area contributed by atoms with Crippen molar-refractivity contribution in [1.82, 2.24) is 4.90 Å². The van der Waals surface area contributed by atoms with Gasteiger partial charge in [0, 0.05) is 33.7 Å². The lowest BCUT2D eigenvalue weighted by molar-refractivity contribution is -0.145. The summed E-state index contributed by atoms with van der Waals surface area (Å²) < 4.78 is 5.38. The molecule has 5 rings (SSSR count). The Kier molecular flexibility index (Phi) is 5.16. The van der Waals surface area contributed by atoms with Crippen LogP contribution in [-0.2, 0) is 19.2 Å². The maximum atomic E-state index is 13.6. The van der Waals surface area contributed by atoms with Crippen LogP contribution in [0.2, 0.25) is 0 Å². The smallest absolute Gasteiger partial charge is 0.234 e. The monoisotopic (exact) mass is 475 g/mol. The molecule has 2 amide bonds. The molecule has 0 spiro atoms. The highest BCUT2D eigenvalue weighted by Crippen LogP contribution is 2.56. The minimum atomic E-state index is -0.702. The molecule has 1 aromatic rings. The number of benzene rings is 1. The number of rotatable bonds is 2. The van der Waals surface area contributed by atoms with Gasteiger partial charge in [0.1, 0.15) is 11.5 Å². The maximum Gasteiger partial charge on any atom is 0.234 e. The average Bonchev–Trinajstić information content (AvgIpc) is 3.07. The van der Waals surface area contributed by atoms with Crippen molar-refractivity contribution in [3.05, 3.63) is 58.2 Å². The highest BCUT2D eigenvalue weighted by Gasteiger charge is 2.58. The molecular weight excluding hydrogens is 446 g/mol. The molecule has 1 aromatic carbocycles. The van der Waals surface area contributed by atoms with Crippen LogP contribution in [0.3, 0.4) is 0 Å². The third kappa shape index (κ3) is 3.32. The van der Waals surface area contributed by atoms with Crippen LogP contribution in [0.4, 0.5) is 0 Å². The number of methoxy groups -OCH3 is 1. The molecule has 1 saturated heterocycles. The number of carbonyl (C=O) groups is 4. The van der Waals surface area contributed by atoms with E-state index in [1.807, 2.05) is 26.8 Å². The summed E-state index contributed by atoms with van der Waals surface area (Å²) >= 11 is 0. The quantitative estimate of drug-likeness (QED) is 0.398. The number of carbonyl (C=O) groups excluding carboxylic acids is 4. The van der Waals surface area contributed by atoms with Crippen molar-refractivity contribution < 1.29 is 29.0 Å². The molecule has 0 saturated carbocycles. The lowest BCUT2D eigenvalue weighted by atomic mass is 9.59. The van der Waals surface area contributed by atoms with E-state index in [4.69, 9.17) is 4.74 Å². The van der Waals surface area contributed by atoms with Gasteiger partial charge in [0.15, 0.2) is 11.6 Å². The van der Waals surface area contributed by atoms with E-state index in [0.29, 0.717) is 34.5 Å². The second-order valence-corrected chi connectivity index (χ2v) is 10.8. The van der Waals surface area contributed by atoms with E-state index in [-0.39, 0.29) is 35.6 Å². The predicted molar refractivity (Wildman–Crippen MR) is 128 cm³/mol. The Balaban J connectivity index is 1.71. The average molecular weight is 476 g/mol. The number of Topliss-reactive ketones (excluding diaryl/α,β-unsaturated/α-hetero) is 1. The summed E-state index contributed by atoms with van der Waals surface area (Å²) in [5.41, 5.74) is 1.66. The summed E-state index contributed by atoms with van der Waals surface area (Å²) in [7, 11) is 1.51. The molecule has 4 atom stereocenters. The first-order valence-electron chi connectivity index (χ1n) is 11.9. The number of ether oxygens (including phenoxy) is 1. The van der Waals surface area contributed by atoms with E-state index in [1.54, 1.807) is 19.1 Å². The van der Waals surface area contributed by atoms with Gasteiger partial charge in [-0.1, -0.05) is 11.6 Å². The fourth-order valence-corrected chi connectivity index (χ4v) is 6.27. The second kappa shape index (κ2) is 7.77. The van der Waals surface area contributed by atoms with Crippen LogP contribution < -0.4 is 4.74 Å². The number of likely N-dealkylation sites (tertiary alicyclic amines) is 1. The first kappa shape index (κ1) is 23.3. The standard InChI is InChI=1S/C28H29NO6/c1-13-10-21(31)19-12-17-15(7-8-16-23(17)27(34)29(26(16)33)28(2,3)4)22(24(19)25(13)32)18-11-14(35-5)6-9-20(18)30/h6-7,9-11,16-17,22-23,30H,8,12H2,1-5H3. The van der Waals surface area contributed by atoms with Gasteiger partial charge in [0.05, 0.1) is 18.9 Å². The Labute approximate surface area is 204 Å². The summed E-state index contributed by atoms with van der Waals surface area (Å²) in [5, 5.41) is 10.9. The highest BCUT2D eigenvalue weighted by atomic mass is 16.5. The number of nitrogens with zero attached hydrogens (tertiary/aromatic N) is 1. The van der Waals surface area contributed by atoms with Crippen LogP contribution in [0.15, 0.2) is 52.6 Å². The largest absolute Gasteiger partial charge is 0.508 e. The molecular formula is C28H29NO6. The van der Waals surface area contributed by atoms with Crippen LogP contribution in [0.5, 0.6) is 11.5 Å². The molecule has 1 N–H and O–H groups in total. The molecule has 182 valence electrons. The van der Waals surface area contributed by atoms with Crippen LogP contribution in [0.25, 0.3) is 0 Å². The number of amides is 2. The number of ketones is 2. The number of phenolic OH excluding ortho intramolecular Hbond substituents is 1. The minimum Gasteiger partial charge on any atom is -0.508 e. The Hall–Kier alpha value is -3.48. The molecule has 35 heavy (non-hydrogen) atoms. The van der Waals surface area contributed by atoms with E-state index in [9.17, 15) is 24.3 Å². The third-order valence-electron chi connectivity index (χ3n) is 7.78. The summed E-state index contributed by atoms with van der Waals surface area (Å²) in [5.74, 6) is -2.67. The first-order valence-corrected chi connectivity index (χ1v) is 11.9. The van der Waals surface area contributed by atoms with E-state index < -0.39 is 29.2 Å². The van der Waals surface area contributed by atoms with Gasteiger partial charge < -0.3 is 9.84 Å². The summed E-state index contributed by atoms with van der Waals surface area (Å²) in [6.07, 6.45) is 3.88. The highest BCUT2D eigenvalue weighted by molar-refractivity contribution is 6.24. The molecule has 7 heteroatoms. The Morgan fingerprint density at radius 2 is 1.77 bits per heavy atom. The summed E-state index contributed by atoms with van der Waals surface area (Å²) in [6.45, 7) is 7.13. The number of allylic oxidation sites excluding steroid dienone is 6. The van der Waals surface area contributed by atoms with Crippen molar-refractivity contribution in [3.63, 3.8) is 0 Å². The molecule has 0 radical (unpaired) electrons. The van der Waals surface area contributed by atoms with Crippen LogP contribution in [-0.4, -0.2) is 46.0 Å². The molecule has 0 bridgehead atoms. The number of fused-ring (bicyclic) bond motifs is 3. The van der Waals surface area contributed by atoms with Gasteiger partial charge in [0.2, 0.25) is 11.8 Å². The molecule has 7 nitrogen and oxygen atoms in total. The lowest BCUT2D eigenvalue weighted by Crippen LogP contribution is -2.46. The first-order chi connectivity index (χ1) is 16.5. The van der Waals surface area contributed by atoms with Crippen molar-refractivity contribution in [2.75, 3.05) is 7.11 Å². The van der Waals surface area contributed by atoms with Gasteiger partial charge in [-0.15, -0.1) is 0 Å². The van der Waals surface area contributed by atoms with Gasteiger partial charge in [-0.3, -0.25) is 24.1 Å². The summed E-state index contributed by atoms with van der Waals surface area (Å²) in [6, 6.07) is 4.81. The van der Waals surface area contributed by atoms with Crippen molar-refractivity contribution in [2.45, 2.75) is 52.0 Å². The Bertz CT molecular complexity index is 1290. The van der Waals surface area contributed by atoms with Crippen molar-refractivity contribution in [2.24, 2.45) is 17.8 Å². The fraction of sp³-hybridized carbons (Fsp3) is 0.429. The van der Waals surface area contributed by atoms with Crippen LogP contribution in [0, 0.1) is 17.8 Å². The van der Waals surface area contributed by atoms with Gasteiger partial charge >= 0.3 is 0 Å². The molecule has 1 aliphatic heterocycles. The van der Waals surface area contributed by atoms with Gasteiger partial charge in [-0.25, -0.2) is 0 Å². The van der Waals surface area contributed by atoms with Gasteiger partial charge in [0.25, 0.3) is 0 Å². The normalized spacial score (nSPS) is 28.4. The molecule has 1 fully saturated rings. The molecule has 1 heterocycles. The van der Waals surface area contributed by atoms with Crippen LogP contribution in [0.1, 0.15) is 52.0 Å². The van der Waals surface area contributed by atoms with Crippen molar-refractivity contribution >= 4 is 23.4 Å². The molecule has 4 aliphatic rings. The van der Waals surface area contributed by atoms with Crippen LogP contribution >= 0.6 is 0 Å². The number of aromatic hydroxyl groups is 1. The zero-order chi connectivity index (χ0) is 25.4. The number of imide groups is 1. The number of hydrogen-bond acceptors (Lipinski definition) is 6. The van der Waals surface area contributed by atoms with Gasteiger partial charge in [-0.2, -0.15) is 0 Å². The zero-order valence-corrected chi connectivity index (χ0v) is 20.5.